The fourth-order valence-electron chi connectivity index (χ4n) is 4.25. The zero-order valence-electron chi connectivity index (χ0n) is 19.2. The first-order chi connectivity index (χ1) is 15.1. The molecule has 1 N–H and O–H groups in total. The van der Waals surface area contributed by atoms with E-state index in [1.807, 2.05) is 24.3 Å². The number of aromatic nitrogens is 3. The fourth-order valence-corrected chi connectivity index (χ4v) is 4.25. The van der Waals surface area contributed by atoms with Gasteiger partial charge in [0.2, 0.25) is 0 Å². The average Bonchev–Trinajstić information content (AvgIpc) is 2.97. The summed E-state index contributed by atoms with van der Waals surface area (Å²) in [5.41, 5.74) is 4.47. The molecule has 0 atom stereocenters. The summed E-state index contributed by atoms with van der Waals surface area (Å²) >= 11 is 0. The Balaban J connectivity index is 1.58. The van der Waals surface area contributed by atoms with Gasteiger partial charge in [0.15, 0.2) is 5.65 Å². The first kappa shape index (κ1) is 22.1. The minimum absolute atomic E-state index is 0.0128. The number of carboxylic acid groups (broad SMARTS) is 1. The summed E-state index contributed by atoms with van der Waals surface area (Å²) < 4.78 is 3.43. The zero-order valence-corrected chi connectivity index (χ0v) is 19.2. The molecule has 1 aliphatic rings. The second-order valence-electron chi connectivity index (χ2n) is 9.77. The van der Waals surface area contributed by atoms with Crippen LogP contribution in [0.3, 0.4) is 0 Å². The molecule has 1 saturated heterocycles. The van der Waals surface area contributed by atoms with Crippen molar-refractivity contribution in [2.75, 3.05) is 26.2 Å². The maximum atomic E-state index is 12.8. The molecule has 0 aliphatic carbocycles. The molecule has 0 saturated carbocycles. The Kier molecular flexibility index (Phi) is 5.81. The van der Waals surface area contributed by atoms with Crippen molar-refractivity contribution in [1.82, 2.24) is 23.9 Å². The third-order valence-electron chi connectivity index (χ3n) is 5.89. The minimum atomic E-state index is -0.848. The first-order valence-corrected chi connectivity index (χ1v) is 11.0. The molecule has 1 aromatic carbocycles. The normalized spacial score (nSPS) is 15.4. The van der Waals surface area contributed by atoms with E-state index in [2.05, 4.69) is 37.8 Å². The number of rotatable bonds is 4. The first-order valence-electron chi connectivity index (χ1n) is 11.0. The minimum Gasteiger partial charge on any atom is -0.465 e. The van der Waals surface area contributed by atoms with Crippen molar-refractivity contribution in [3.05, 3.63) is 52.4 Å². The van der Waals surface area contributed by atoms with E-state index in [0.29, 0.717) is 25.3 Å². The molecule has 3 heterocycles. The number of aryl methyl sites for hydroxylation is 1. The molecule has 0 unspecified atom stereocenters. The average molecular weight is 438 g/mol. The summed E-state index contributed by atoms with van der Waals surface area (Å²) in [4.78, 5) is 32.5. The summed E-state index contributed by atoms with van der Waals surface area (Å²) in [6.07, 6.45) is -0.848. The van der Waals surface area contributed by atoms with E-state index in [1.165, 1.54) is 4.90 Å². The van der Waals surface area contributed by atoms with E-state index in [0.717, 1.165) is 42.0 Å². The van der Waals surface area contributed by atoms with E-state index in [4.69, 9.17) is 10.1 Å². The van der Waals surface area contributed by atoms with Crippen molar-refractivity contribution < 1.29 is 9.90 Å². The largest absolute Gasteiger partial charge is 0.465 e. The van der Waals surface area contributed by atoms with Crippen LogP contribution < -0.4 is 5.69 Å². The van der Waals surface area contributed by atoms with Crippen LogP contribution in [0.2, 0.25) is 0 Å². The molecule has 170 valence electrons. The Hall–Kier alpha value is -3.13. The predicted octanol–water partition coefficient (Wildman–Crippen LogP) is 3.24. The van der Waals surface area contributed by atoms with Gasteiger partial charge in [0, 0.05) is 51.9 Å². The molecule has 8 heteroatoms. The van der Waals surface area contributed by atoms with Crippen LogP contribution in [-0.4, -0.2) is 61.3 Å². The lowest BCUT2D eigenvalue weighted by Gasteiger charge is -2.33. The van der Waals surface area contributed by atoms with E-state index in [1.54, 1.807) is 16.2 Å². The summed E-state index contributed by atoms with van der Waals surface area (Å²) in [5.74, 6) is 0. The van der Waals surface area contributed by atoms with Crippen LogP contribution in [0.5, 0.6) is 0 Å². The van der Waals surface area contributed by atoms with Gasteiger partial charge >= 0.3 is 11.8 Å². The van der Waals surface area contributed by atoms with E-state index in [9.17, 15) is 9.59 Å². The Bertz CT molecular complexity index is 1200. The van der Waals surface area contributed by atoms with Crippen LogP contribution in [0, 0.1) is 5.41 Å². The van der Waals surface area contributed by atoms with Gasteiger partial charge in [-0.2, -0.15) is 0 Å². The Morgan fingerprint density at radius 3 is 2.47 bits per heavy atom. The highest BCUT2D eigenvalue weighted by Crippen LogP contribution is 2.24. The van der Waals surface area contributed by atoms with Gasteiger partial charge in [-0.15, -0.1) is 0 Å². The number of imidazole rings is 1. The molecule has 0 bridgehead atoms. The summed E-state index contributed by atoms with van der Waals surface area (Å²) in [6.45, 7) is 10.3. The number of hydrogen-bond donors (Lipinski definition) is 1. The number of nitrogens with zero attached hydrogens (tertiary/aromatic N) is 5. The second kappa shape index (κ2) is 8.43. The fraction of sp³-hybridized carbons (Fsp3) is 0.458. The van der Waals surface area contributed by atoms with Gasteiger partial charge in [0.25, 0.3) is 0 Å². The lowest BCUT2D eigenvalue weighted by molar-refractivity contribution is 0.103. The molecular formula is C24H31N5O3. The van der Waals surface area contributed by atoms with Crippen LogP contribution in [-0.2, 0) is 20.1 Å². The maximum absolute atomic E-state index is 12.8. The number of fused-ring (bicyclic) bond motifs is 1. The van der Waals surface area contributed by atoms with E-state index >= 15 is 0 Å². The monoisotopic (exact) mass is 437 g/mol. The van der Waals surface area contributed by atoms with Crippen molar-refractivity contribution in [3.63, 3.8) is 0 Å². The van der Waals surface area contributed by atoms with Gasteiger partial charge in [0.05, 0.1) is 11.2 Å². The zero-order chi connectivity index (χ0) is 23.0. The molecule has 0 spiro atoms. The van der Waals surface area contributed by atoms with Crippen LogP contribution in [0.25, 0.3) is 22.4 Å². The highest BCUT2D eigenvalue weighted by atomic mass is 16.4. The Morgan fingerprint density at radius 2 is 1.81 bits per heavy atom. The number of benzene rings is 1. The lowest BCUT2D eigenvalue weighted by Crippen LogP contribution is -2.47. The van der Waals surface area contributed by atoms with Gasteiger partial charge in [-0.3, -0.25) is 14.0 Å². The van der Waals surface area contributed by atoms with Crippen molar-refractivity contribution in [1.29, 1.82) is 0 Å². The number of carbonyl (C=O) groups is 1. The van der Waals surface area contributed by atoms with Crippen LogP contribution in [0.4, 0.5) is 4.79 Å². The van der Waals surface area contributed by atoms with Gasteiger partial charge in [0.1, 0.15) is 0 Å². The van der Waals surface area contributed by atoms with E-state index < -0.39 is 6.09 Å². The Labute approximate surface area is 187 Å². The maximum Gasteiger partial charge on any atom is 0.407 e. The van der Waals surface area contributed by atoms with Gasteiger partial charge in [-0.1, -0.05) is 39.0 Å². The van der Waals surface area contributed by atoms with Crippen molar-refractivity contribution >= 4 is 17.3 Å². The Morgan fingerprint density at radius 1 is 1.09 bits per heavy atom. The standard InChI is InChI=1S/C24H31N5O3/c1-24(2,3)16-29-20-9-8-19(25-21(20)26(4)22(29)30)18-7-5-6-17(14-18)15-27-10-12-28(13-11-27)23(31)32/h5-9,14H,10-13,15-16H2,1-4H3,(H,31,32). The molecule has 8 nitrogen and oxygen atoms in total. The molecule has 3 aromatic rings. The SMILES string of the molecule is Cn1c(=O)n(CC(C)(C)C)c2ccc(-c3cccc(CN4CCN(C(=O)O)CC4)c3)nc21. The molecule has 0 radical (unpaired) electrons. The smallest absolute Gasteiger partial charge is 0.407 e. The summed E-state index contributed by atoms with van der Waals surface area (Å²) in [6, 6.07) is 12.2. The van der Waals surface area contributed by atoms with E-state index in [-0.39, 0.29) is 11.1 Å². The van der Waals surface area contributed by atoms with Crippen LogP contribution in [0.1, 0.15) is 26.3 Å². The molecule has 1 amide bonds. The molecule has 2 aromatic heterocycles. The summed E-state index contributed by atoms with van der Waals surface area (Å²) in [7, 11) is 1.77. The van der Waals surface area contributed by atoms with Crippen molar-refractivity contribution in [3.8, 4) is 11.3 Å². The number of pyridine rings is 1. The number of hydrogen-bond acceptors (Lipinski definition) is 4. The van der Waals surface area contributed by atoms with Gasteiger partial charge in [-0.05, 0) is 29.2 Å². The second-order valence-corrected chi connectivity index (χ2v) is 9.77. The highest BCUT2D eigenvalue weighted by molar-refractivity contribution is 5.76. The van der Waals surface area contributed by atoms with Crippen molar-refractivity contribution in [2.24, 2.45) is 12.5 Å². The molecule has 32 heavy (non-hydrogen) atoms. The lowest BCUT2D eigenvalue weighted by atomic mass is 9.97. The number of piperazine rings is 1. The molecule has 1 fully saturated rings. The molecule has 4 rings (SSSR count). The molecular weight excluding hydrogens is 406 g/mol. The highest BCUT2D eigenvalue weighted by Gasteiger charge is 2.21. The number of amides is 1. The molecule has 1 aliphatic heterocycles. The third kappa shape index (κ3) is 4.55. The van der Waals surface area contributed by atoms with Gasteiger partial charge < -0.3 is 10.0 Å². The van der Waals surface area contributed by atoms with Crippen LogP contribution >= 0.6 is 0 Å². The van der Waals surface area contributed by atoms with Crippen molar-refractivity contribution in [2.45, 2.75) is 33.9 Å². The topological polar surface area (TPSA) is 83.6 Å². The quantitative estimate of drug-likeness (QED) is 0.677. The predicted molar refractivity (Wildman–Crippen MR) is 125 cm³/mol. The van der Waals surface area contributed by atoms with Crippen LogP contribution in [0.15, 0.2) is 41.2 Å². The summed E-state index contributed by atoms with van der Waals surface area (Å²) in [5, 5.41) is 9.12. The third-order valence-corrected chi connectivity index (χ3v) is 5.89. The van der Waals surface area contributed by atoms with Gasteiger partial charge in [-0.25, -0.2) is 14.6 Å².